The van der Waals surface area contributed by atoms with Gasteiger partial charge in [-0.2, -0.15) is 0 Å². The van der Waals surface area contributed by atoms with E-state index in [1.165, 1.54) is 5.56 Å². The third-order valence-electron chi connectivity index (χ3n) is 5.79. The highest BCUT2D eigenvalue weighted by molar-refractivity contribution is 6.10. The number of likely N-dealkylation sites (tertiary alicyclic amines) is 1. The van der Waals surface area contributed by atoms with Gasteiger partial charge in [-0.25, -0.2) is 0 Å². The van der Waals surface area contributed by atoms with Crippen LogP contribution in [0.2, 0.25) is 0 Å². The Kier molecular flexibility index (Phi) is 6.18. The molecule has 0 radical (unpaired) electrons. The summed E-state index contributed by atoms with van der Waals surface area (Å²) in [5, 5.41) is 0. The molecule has 2 aromatic carbocycles. The van der Waals surface area contributed by atoms with Crippen molar-refractivity contribution in [1.82, 2.24) is 4.90 Å². The summed E-state index contributed by atoms with van der Waals surface area (Å²) in [6, 6.07) is 20.0. The highest BCUT2D eigenvalue weighted by Gasteiger charge is 2.42. The number of nitrogens with zero attached hydrogens (tertiary/aromatic N) is 2. The van der Waals surface area contributed by atoms with Crippen molar-refractivity contribution < 1.29 is 9.59 Å². The number of anilines is 1. The number of para-hydroxylation sites is 1. The fourth-order valence-electron chi connectivity index (χ4n) is 3.96. The van der Waals surface area contributed by atoms with Crippen LogP contribution in [0, 0.1) is 11.3 Å². The summed E-state index contributed by atoms with van der Waals surface area (Å²) < 4.78 is 0. The van der Waals surface area contributed by atoms with Crippen LogP contribution in [0.4, 0.5) is 5.69 Å². The fourth-order valence-corrected chi connectivity index (χ4v) is 3.96. The van der Waals surface area contributed by atoms with Gasteiger partial charge in [0.15, 0.2) is 0 Å². The van der Waals surface area contributed by atoms with Gasteiger partial charge < -0.3 is 9.80 Å². The predicted molar refractivity (Wildman–Crippen MR) is 113 cm³/mol. The Hall–Kier alpha value is -2.62. The number of benzene rings is 2. The first kappa shape index (κ1) is 20.1. The van der Waals surface area contributed by atoms with Crippen molar-refractivity contribution in [2.24, 2.45) is 11.3 Å². The number of carbonyl (C=O) groups is 2. The van der Waals surface area contributed by atoms with Crippen LogP contribution in [0.25, 0.3) is 0 Å². The van der Waals surface area contributed by atoms with Gasteiger partial charge in [0, 0.05) is 25.8 Å². The van der Waals surface area contributed by atoms with E-state index in [2.05, 4.69) is 24.3 Å². The fraction of sp³-hybridized carbons (Fsp3) is 0.417. The summed E-state index contributed by atoms with van der Waals surface area (Å²) in [4.78, 5) is 29.6. The van der Waals surface area contributed by atoms with Crippen molar-refractivity contribution in [3.05, 3.63) is 66.2 Å². The van der Waals surface area contributed by atoms with Crippen molar-refractivity contribution in [2.75, 3.05) is 25.0 Å². The number of amides is 2. The second-order valence-electron chi connectivity index (χ2n) is 8.25. The number of rotatable bonds is 5. The lowest BCUT2D eigenvalue weighted by molar-refractivity contribution is -0.148. The zero-order chi connectivity index (χ0) is 20.1. The molecular weight excluding hydrogens is 348 g/mol. The normalized spacial score (nSPS) is 15.3. The first-order valence-electron chi connectivity index (χ1n) is 10.1. The smallest absolute Gasteiger partial charge is 0.241 e. The van der Waals surface area contributed by atoms with Crippen molar-refractivity contribution in [3.63, 3.8) is 0 Å². The summed E-state index contributed by atoms with van der Waals surface area (Å²) in [5.41, 5.74) is 1.08. The Morgan fingerprint density at radius 3 is 2.07 bits per heavy atom. The SMILES string of the molecule is CN(C(=O)C(C)(C)C(=O)N1CCC(Cc2ccccc2)CC1)c1ccccc1. The lowest BCUT2D eigenvalue weighted by atomic mass is 9.86. The van der Waals surface area contributed by atoms with Crippen LogP contribution in [0.3, 0.4) is 0 Å². The number of hydrogen-bond acceptors (Lipinski definition) is 2. The summed E-state index contributed by atoms with van der Waals surface area (Å²) in [5.74, 6) is 0.353. The molecule has 2 amide bonds. The van der Waals surface area contributed by atoms with Crippen molar-refractivity contribution in [1.29, 1.82) is 0 Å². The van der Waals surface area contributed by atoms with E-state index in [-0.39, 0.29) is 11.8 Å². The summed E-state index contributed by atoms with van der Waals surface area (Å²) in [7, 11) is 1.73. The first-order valence-corrected chi connectivity index (χ1v) is 10.1. The van der Waals surface area contributed by atoms with Gasteiger partial charge in [-0.3, -0.25) is 9.59 Å². The van der Waals surface area contributed by atoms with E-state index < -0.39 is 5.41 Å². The molecule has 0 spiro atoms. The molecule has 28 heavy (non-hydrogen) atoms. The Labute approximate surface area is 168 Å². The number of hydrogen-bond donors (Lipinski definition) is 0. The van der Waals surface area contributed by atoms with Crippen LogP contribution in [0.5, 0.6) is 0 Å². The second kappa shape index (κ2) is 8.59. The highest BCUT2D eigenvalue weighted by atomic mass is 16.2. The van der Waals surface area contributed by atoms with E-state index in [0.717, 1.165) is 38.0 Å². The minimum atomic E-state index is -1.07. The van der Waals surface area contributed by atoms with Gasteiger partial charge in [-0.05, 0) is 56.7 Å². The maximum Gasteiger partial charge on any atom is 0.241 e. The van der Waals surface area contributed by atoms with E-state index in [1.807, 2.05) is 41.3 Å². The summed E-state index contributed by atoms with van der Waals surface area (Å²) in [6.45, 7) is 4.94. The van der Waals surface area contributed by atoms with E-state index in [1.54, 1.807) is 25.8 Å². The molecule has 1 heterocycles. The zero-order valence-corrected chi connectivity index (χ0v) is 17.1. The molecule has 0 aromatic heterocycles. The molecule has 1 aliphatic heterocycles. The molecule has 0 unspecified atom stereocenters. The predicted octanol–water partition coefficient (Wildman–Crippen LogP) is 4.16. The largest absolute Gasteiger partial charge is 0.342 e. The van der Waals surface area contributed by atoms with E-state index in [0.29, 0.717) is 5.92 Å². The third kappa shape index (κ3) is 4.44. The minimum Gasteiger partial charge on any atom is -0.342 e. The molecule has 0 N–H and O–H groups in total. The number of carbonyl (C=O) groups excluding carboxylic acids is 2. The van der Waals surface area contributed by atoms with Crippen LogP contribution >= 0.6 is 0 Å². The van der Waals surface area contributed by atoms with Crippen LogP contribution in [0.15, 0.2) is 60.7 Å². The molecule has 0 atom stereocenters. The van der Waals surface area contributed by atoms with Gasteiger partial charge in [0.25, 0.3) is 0 Å². The second-order valence-corrected chi connectivity index (χ2v) is 8.25. The average molecular weight is 379 g/mol. The average Bonchev–Trinajstić information content (AvgIpc) is 2.74. The molecule has 0 saturated carbocycles. The molecule has 1 saturated heterocycles. The van der Waals surface area contributed by atoms with Crippen LogP contribution < -0.4 is 4.90 Å². The molecule has 148 valence electrons. The van der Waals surface area contributed by atoms with Gasteiger partial charge in [0.1, 0.15) is 5.41 Å². The molecule has 0 aliphatic carbocycles. The Morgan fingerprint density at radius 1 is 0.964 bits per heavy atom. The van der Waals surface area contributed by atoms with Crippen LogP contribution in [-0.4, -0.2) is 36.9 Å². The Bertz CT molecular complexity index is 794. The lowest BCUT2D eigenvalue weighted by Crippen LogP contribution is -2.52. The molecule has 3 rings (SSSR count). The van der Waals surface area contributed by atoms with Gasteiger partial charge in [-0.1, -0.05) is 48.5 Å². The molecular formula is C24H30N2O2. The molecule has 1 fully saturated rings. The lowest BCUT2D eigenvalue weighted by Gasteiger charge is -2.37. The van der Waals surface area contributed by atoms with E-state index >= 15 is 0 Å². The Morgan fingerprint density at radius 2 is 1.50 bits per heavy atom. The van der Waals surface area contributed by atoms with Gasteiger partial charge in [0.05, 0.1) is 0 Å². The first-order chi connectivity index (χ1) is 13.4. The monoisotopic (exact) mass is 378 g/mol. The van der Waals surface area contributed by atoms with Crippen LogP contribution in [-0.2, 0) is 16.0 Å². The molecule has 0 bridgehead atoms. The van der Waals surface area contributed by atoms with Crippen molar-refractivity contribution in [3.8, 4) is 0 Å². The summed E-state index contributed by atoms with van der Waals surface area (Å²) >= 11 is 0. The number of piperidine rings is 1. The molecule has 1 aliphatic rings. The maximum atomic E-state index is 13.1. The molecule has 2 aromatic rings. The standard InChI is InChI=1S/C24H30N2O2/c1-24(2,22(27)25(3)21-12-8-5-9-13-21)23(28)26-16-14-20(15-17-26)18-19-10-6-4-7-11-19/h4-13,20H,14-18H2,1-3H3. The van der Waals surface area contributed by atoms with E-state index in [4.69, 9.17) is 0 Å². The van der Waals surface area contributed by atoms with Gasteiger partial charge in [0.2, 0.25) is 11.8 Å². The van der Waals surface area contributed by atoms with E-state index in [9.17, 15) is 9.59 Å². The molecule has 4 nitrogen and oxygen atoms in total. The van der Waals surface area contributed by atoms with Crippen LogP contribution in [0.1, 0.15) is 32.3 Å². The quantitative estimate of drug-likeness (QED) is 0.733. The van der Waals surface area contributed by atoms with Crippen molar-refractivity contribution >= 4 is 17.5 Å². The molecule has 4 heteroatoms. The summed E-state index contributed by atoms with van der Waals surface area (Å²) in [6.07, 6.45) is 3.03. The third-order valence-corrected chi connectivity index (χ3v) is 5.79. The minimum absolute atomic E-state index is 0.0709. The highest BCUT2D eigenvalue weighted by Crippen LogP contribution is 2.29. The topological polar surface area (TPSA) is 40.6 Å². The van der Waals surface area contributed by atoms with Gasteiger partial charge >= 0.3 is 0 Å². The maximum absolute atomic E-state index is 13.1. The van der Waals surface area contributed by atoms with Crippen molar-refractivity contribution in [2.45, 2.75) is 33.1 Å². The zero-order valence-electron chi connectivity index (χ0n) is 17.1. The van der Waals surface area contributed by atoms with Gasteiger partial charge in [-0.15, -0.1) is 0 Å². The Balaban J connectivity index is 1.59.